The molecule has 0 nitrogen and oxygen atoms in total. The lowest BCUT2D eigenvalue weighted by Crippen LogP contribution is -1.58. The van der Waals surface area contributed by atoms with Crippen molar-refractivity contribution < 1.29 is 8.78 Å². The van der Waals surface area contributed by atoms with Crippen LogP contribution in [-0.4, -0.2) is 13.3 Å². The molecule has 0 aliphatic rings. The highest BCUT2D eigenvalue weighted by Crippen LogP contribution is 2.02. The van der Waals surface area contributed by atoms with Gasteiger partial charge in [0, 0.05) is 0 Å². The molecule has 0 N–H and O–H groups in total. The fraction of sp³-hybridized carbons (Fsp3) is 0.333. The van der Waals surface area contributed by atoms with Crippen molar-refractivity contribution in [2.45, 2.75) is 0 Å². The molecule has 0 saturated carbocycles. The van der Waals surface area contributed by atoms with Crippen molar-refractivity contribution in [3.05, 3.63) is 23.0 Å². The van der Waals surface area contributed by atoms with Crippen LogP contribution in [0.5, 0.6) is 0 Å². The van der Waals surface area contributed by atoms with Crippen LogP contribution in [0.15, 0.2) is 23.0 Å². The molecule has 0 aromatic carbocycles. The monoisotopic (exact) mass is 150 g/mol. The number of hydrogen-bond donors (Lipinski definition) is 0. The molecule has 0 saturated heterocycles. The van der Waals surface area contributed by atoms with E-state index in [1.807, 2.05) is 0 Å². The van der Waals surface area contributed by atoms with Crippen LogP contribution in [0.2, 0.25) is 0 Å². The van der Waals surface area contributed by atoms with Gasteiger partial charge in [0.2, 0.25) is 0 Å². The molecule has 0 spiro atoms. The second kappa shape index (κ2) is 7.69. The van der Waals surface area contributed by atoms with Crippen LogP contribution in [0, 0.1) is 0 Å². The second-order valence-corrected chi connectivity index (χ2v) is 2.00. The molecule has 0 radical (unpaired) electrons. The number of rotatable bonds is 4. The van der Waals surface area contributed by atoms with Gasteiger partial charge in [0.1, 0.15) is 13.3 Å². The minimum Gasteiger partial charge on any atom is -0.247 e. The smallest absolute Gasteiger partial charge is 0.108 e. The van der Waals surface area contributed by atoms with Gasteiger partial charge in [-0.2, -0.15) is 0 Å². The molecule has 0 fully saturated rings. The zero-order valence-electron chi connectivity index (χ0n) is 4.89. The van der Waals surface area contributed by atoms with E-state index in [2.05, 4.69) is 0 Å². The summed E-state index contributed by atoms with van der Waals surface area (Å²) in [6.07, 6.45) is 2.74. The Hall–Kier alpha value is -0.310. The third-order valence-electron chi connectivity index (χ3n) is 0.528. The van der Waals surface area contributed by atoms with Crippen LogP contribution >= 0.6 is 11.8 Å². The van der Waals surface area contributed by atoms with Gasteiger partial charge < -0.3 is 0 Å². The van der Waals surface area contributed by atoms with E-state index in [9.17, 15) is 8.78 Å². The van der Waals surface area contributed by atoms with Gasteiger partial charge in [-0.25, -0.2) is 8.78 Å². The van der Waals surface area contributed by atoms with Gasteiger partial charge in [0.15, 0.2) is 0 Å². The standard InChI is InChI=1S/C6H8F2S/c7-3-1-5-9-6-2-4-8/h1-2,5-6H,3-4H2. The van der Waals surface area contributed by atoms with E-state index in [4.69, 9.17) is 0 Å². The lowest BCUT2D eigenvalue weighted by atomic mass is 10.7. The topological polar surface area (TPSA) is 0 Å². The quantitative estimate of drug-likeness (QED) is 0.593. The zero-order chi connectivity index (χ0) is 6.95. The summed E-state index contributed by atoms with van der Waals surface area (Å²) in [5, 5.41) is 3.15. The number of hydrogen-bond acceptors (Lipinski definition) is 1. The molecule has 0 atom stereocenters. The van der Waals surface area contributed by atoms with Crippen molar-refractivity contribution in [2.75, 3.05) is 13.3 Å². The Labute approximate surface area is 57.6 Å². The third-order valence-corrected chi connectivity index (χ3v) is 1.23. The molecule has 0 aromatic heterocycles. The summed E-state index contributed by atoms with van der Waals surface area (Å²) in [5.74, 6) is 0. The fourth-order valence-electron chi connectivity index (χ4n) is 0.229. The van der Waals surface area contributed by atoms with E-state index in [0.29, 0.717) is 0 Å². The summed E-state index contributed by atoms with van der Waals surface area (Å²) >= 11 is 1.26. The maximum absolute atomic E-state index is 11.3. The van der Waals surface area contributed by atoms with Crippen LogP contribution in [0.1, 0.15) is 0 Å². The van der Waals surface area contributed by atoms with Gasteiger partial charge in [-0.05, 0) is 23.0 Å². The predicted octanol–water partition coefficient (Wildman–Crippen LogP) is 2.69. The van der Waals surface area contributed by atoms with Gasteiger partial charge in [-0.15, -0.1) is 11.8 Å². The van der Waals surface area contributed by atoms with E-state index in [1.54, 1.807) is 10.8 Å². The highest BCUT2D eigenvalue weighted by Gasteiger charge is 1.70. The highest BCUT2D eigenvalue weighted by molar-refractivity contribution is 8.04. The van der Waals surface area contributed by atoms with E-state index < -0.39 is 13.3 Å². The Morgan fingerprint density at radius 1 is 1.00 bits per heavy atom. The Morgan fingerprint density at radius 2 is 1.44 bits per heavy atom. The van der Waals surface area contributed by atoms with E-state index in [1.165, 1.54) is 23.9 Å². The van der Waals surface area contributed by atoms with Crippen LogP contribution < -0.4 is 0 Å². The maximum atomic E-state index is 11.3. The summed E-state index contributed by atoms with van der Waals surface area (Å²) in [6, 6.07) is 0. The van der Waals surface area contributed by atoms with Crippen LogP contribution in [0.3, 0.4) is 0 Å². The van der Waals surface area contributed by atoms with Gasteiger partial charge in [0.05, 0.1) is 0 Å². The fourth-order valence-corrected chi connectivity index (χ4v) is 0.688. The summed E-state index contributed by atoms with van der Waals surface area (Å²) in [4.78, 5) is 0. The van der Waals surface area contributed by atoms with Crippen LogP contribution in [0.4, 0.5) is 8.78 Å². The molecule has 0 unspecified atom stereocenters. The third kappa shape index (κ3) is 7.69. The minimum atomic E-state index is -0.462. The maximum Gasteiger partial charge on any atom is 0.108 e. The molecule has 0 bridgehead atoms. The SMILES string of the molecule is FCC=CSC=CCF. The van der Waals surface area contributed by atoms with Gasteiger partial charge in [0.25, 0.3) is 0 Å². The van der Waals surface area contributed by atoms with Crippen molar-refractivity contribution in [2.24, 2.45) is 0 Å². The first kappa shape index (κ1) is 8.69. The Morgan fingerprint density at radius 3 is 1.78 bits per heavy atom. The summed E-state index contributed by atoms with van der Waals surface area (Å²) in [5.41, 5.74) is 0. The molecule has 0 heterocycles. The molecule has 9 heavy (non-hydrogen) atoms. The average molecular weight is 150 g/mol. The second-order valence-electron chi connectivity index (χ2n) is 1.19. The first-order valence-electron chi connectivity index (χ1n) is 2.49. The van der Waals surface area contributed by atoms with Crippen LogP contribution in [-0.2, 0) is 0 Å². The molecule has 0 rings (SSSR count). The Kier molecular flexibility index (Phi) is 7.43. The van der Waals surface area contributed by atoms with Gasteiger partial charge in [-0.1, -0.05) is 0 Å². The van der Waals surface area contributed by atoms with Crippen LogP contribution in [0.25, 0.3) is 0 Å². The Bertz CT molecular complexity index is 87.2. The summed E-state index contributed by atoms with van der Waals surface area (Å²) in [6.45, 7) is -0.924. The molecule has 0 aromatic rings. The molecule has 0 aliphatic carbocycles. The van der Waals surface area contributed by atoms with Gasteiger partial charge in [-0.3, -0.25) is 0 Å². The molecule has 3 heteroatoms. The van der Waals surface area contributed by atoms with E-state index >= 15 is 0 Å². The number of thioether (sulfide) groups is 1. The molecular formula is C6H8F2S. The molecule has 0 amide bonds. The first-order chi connectivity index (χ1) is 4.41. The molecule has 52 valence electrons. The van der Waals surface area contributed by atoms with E-state index in [-0.39, 0.29) is 0 Å². The normalized spacial score (nSPS) is 11.8. The Balaban J connectivity index is 3.08. The number of allylic oxidation sites excluding steroid dienone is 2. The van der Waals surface area contributed by atoms with Crippen molar-refractivity contribution >= 4 is 11.8 Å². The number of alkyl halides is 2. The minimum absolute atomic E-state index is 0.462. The van der Waals surface area contributed by atoms with Crippen molar-refractivity contribution in [1.82, 2.24) is 0 Å². The predicted molar refractivity (Wildman–Crippen MR) is 37.8 cm³/mol. The largest absolute Gasteiger partial charge is 0.247 e. The van der Waals surface area contributed by atoms with Crippen molar-refractivity contribution in [3.8, 4) is 0 Å². The zero-order valence-corrected chi connectivity index (χ0v) is 5.70. The van der Waals surface area contributed by atoms with Crippen molar-refractivity contribution in [1.29, 1.82) is 0 Å². The first-order valence-corrected chi connectivity index (χ1v) is 3.43. The van der Waals surface area contributed by atoms with Crippen molar-refractivity contribution in [3.63, 3.8) is 0 Å². The van der Waals surface area contributed by atoms with Gasteiger partial charge >= 0.3 is 0 Å². The summed E-state index contributed by atoms with van der Waals surface area (Å²) in [7, 11) is 0. The number of halogens is 2. The lowest BCUT2D eigenvalue weighted by molar-refractivity contribution is 0.562. The van der Waals surface area contributed by atoms with E-state index in [0.717, 1.165) is 0 Å². The highest BCUT2D eigenvalue weighted by atomic mass is 32.2. The lowest BCUT2D eigenvalue weighted by Gasteiger charge is -1.77. The average Bonchev–Trinajstić information content (AvgIpc) is 1.89. The summed E-state index contributed by atoms with van der Waals surface area (Å²) < 4.78 is 22.6. The molecule has 0 aliphatic heterocycles. The molecular weight excluding hydrogens is 142 g/mol.